The highest BCUT2D eigenvalue weighted by molar-refractivity contribution is 7.18. The SMILES string of the molecule is NCCCN1C=CC(=Cc2sc3ccccc3[n+]2CCCN)C2C=CC=CC21. The molecule has 5 heteroatoms. The van der Waals surface area contributed by atoms with E-state index in [1.807, 2.05) is 11.3 Å². The Balaban J connectivity index is 1.72. The van der Waals surface area contributed by atoms with Crippen LogP contribution in [-0.4, -0.2) is 30.6 Å². The normalized spacial score (nSPS) is 22.4. The lowest BCUT2D eigenvalue weighted by atomic mass is 9.84. The average Bonchev–Trinajstić information content (AvgIpc) is 3.08. The van der Waals surface area contributed by atoms with Crippen molar-refractivity contribution in [2.45, 2.75) is 25.4 Å². The number of fused-ring (bicyclic) bond motifs is 2. The molecule has 4 N–H and O–H groups in total. The standard InChI is InChI=1S/C23H29N4S/c24-12-5-14-26-16-11-18(19-7-1-2-8-20(19)26)17-23-27(15-6-13-25)21-9-3-4-10-22(21)28-23/h1-4,7-11,16-17,19-20H,5-6,12-15,24-25H2/q+1. The second-order valence-electron chi connectivity index (χ2n) is 7.33. The summed E-state index contributed by atoms with van der Waals surface area (Å²) in [4.78, 5) is 2.42. The smallest absolute Gasteiger partial charge is 0.263 e. The van der Waals surface area contributed by atoms with Gasteiger partial charge in [-0.25, -0.2) is 0 Å². The molecule has 0 spiro atoms. The number of aryl methyl sites for hydroxylation is 1. The van der Waals surface area contributed by atoms with E-state index in [9.17, 15) is 0 Å². The minimum absolute atomic E-state index is 0.375. The fraction of sp³-hybridized carbons (Fsp3) is 0.348. The Morgan fingerprint density at radius 3 is 2.75 bits per heavy atom. The number of rotatable bonds is 7. The highest BCUT2D eigenvalue weighted by atomic mass is 32.1. The van der Waals surface area contributed by atoms with Crippen LogP contribution in [-0.2, 0) is 6.54 Å². The van der Waals surface area contributed by atoms with Gasteiger partial charge in [0.2, 0.25) is 5.52 Å². The van der Waals surface area contributed by atoms with Crippen LogP contribution in [0.5, 0.6) is 0 Å². The molecule has 0 radical (unpaired) electrons. The third-order valence-corrected chi connectivity index (χ3v) is 6.58. The fourth-order valence-electron chi connectivity index (χ4n) is 4.04. The largest absolute Gasteiger partial charge is 0.370 e. The molecule has 0 saturated carbocycles. The zero-order chi connectivity index (χ0) is 19.3. The Bertz CT molecular complexity index is 937. The summed E-state index contributed by atoms with van der Waals surface area (Å²) >= 11 is 1.86. The quantitative estimate of drug-likeness (QED) is 0.710. The third-order valence-electron chi connectivity index (χ3n) is 5.47. The van der Waals surface area contributed by atoms with E-state index < -0.39 is 0 Å². The van der Waals surface area contributed by atoms with Crippen LogP contribution in [0, 0.1) is 5.92 Å². The first kappa shape index (κ1) is 19.1. The van der Waals surface area contributed by atoms with Crippen molar-refractivity contribution in [3.8, 4) is 0 Å². The molecule has 0 bridgehead atoms. The van der Waals surface area contributed by atoms with Gasteiger partial charge in [0.1, 0.15) is 4.70 Å². The molecule has 4 rings (SSSR count). The summed E-state index contributed by atoms with van der Waals surface area (Å²) in [6.45, 7) is 3.39. The first-order valence-electron chi connectivity index (χ1n) is 10.1. The van der Waals surface area contributed by atoms with Crippen molar-refractivity contribution in [2.24, 2.45) is 17.4 Å². The first-order chi connectivity index (χ1) is 13.8. The van der Waals surface area contributed by atoms with E-state index in [0.29, 0.717) is 18.5 Å². The van der Waals surface area contributed by atoms with Gasteiger partial charge in [-0.15, -0.1) is 0 Å². The summed E-state index contributed by atoms with van der Waals surface area (Å²) in [5, 5.41) is 1.30. The summed E-state index contributed by atoms with van der Waals surface area (Å²) in [6, 6.07) is 9.02. The number of hydrogen-bond donors (Lipinski definition) is 2. The van der Waals surface area contributed by atoms with Crippen LogP contribution in [0.3, 0.4) is 0 Å². The lowest BCUT2D eigenvalue weighted by Gasteiger charge is -2.38. The minimum atomic E-state index is 0.375. The molecule has 1 aliphatic heterocycles. The lowest BCUT2D eigenvalue weighted by Crippen LogP contribution is -2.40. The molecule has 2 unspecified atom stereocenters. The molecule has 1 aromatic heterocycles. The van der Waals surface area contributed by atoms with Crippen molar-refractivity contribution in [1.29, 1.82) is 0 Å². The predicted molar refractivity (Wildman–Crippen MR) is 119 cm³/mol. The molecular formula is C23H29N4S+. The number of benzene rings is 1. The molecule has 2 aliphatic rings. The Kier molecular flexibility index (Phi) is 6.05. The van der Waals surface area contributed by atoms with Crippen molar-refractivity contribution in [3.63, 3.8) is 0 Å². The number of hydrogen-bond acceptors (Lipinski definition) is 4. The lowest BCUT2D eigenvalue weighted by molar-refractivity contribution is -0.668. The van der Waals surface area contributed by atoms with Crippen molar-refractivity contribution in [3.05, 3.63) is 71.4 Å². The maximum absolute atomic E-state index is 5.80. The van der Waals surface area contributed by atoms with Crippen molar-refractivity contribution < 1.29 is 4.57 Å². The minimum Gasteiger partial charge on any atom is -0.370 e. The number of nitrogens with zero attached hydrogens (tertiary/aromatic N) is 2. The Morgan fingerprint density at radius 2 is 1.89 bits per heavy atom. The summed E-state index contributed by atoms with van der Waals surface area (Å²) in [6.07, 6.45) is 17.9. The summed E-state index contributed by atoms with van der Waals surface area (Å²) in [5.74, 6) is 0.376. The van der Waals surface area contributed by atoms with Gasteiger partial charge >= 0.3 is 0 Å². The molecule has 2 heterocycles. The van der Waals surface area contributed by atoms with E-state index >= 15 is 0 Å². The van der Waals surface area contributed by atoms with Crippen molar-refractivity contribution >= 4 is 27.6 Å². The van der Waals surface area contributed by atoms with E-state index in [2.05, 4.69) is 76.4 Å². The summed E-state index contributed by atoms with van der Waals surface area (Å²) < 4.78 is 3.75. The van der Waals surface area contributed by atoms with Gasteiger partial charge in [-0.2, -0.15) is 4.57 Å². The van der Waals surface area contributed by atoms with Gasteiger partial charge in [0, 0.05) is 31.0 Å². The van der Waals surface area contributed by atoms with E-state index in [1.165, 1.54) is 20.8 Å². The molecule has 0 amide bonds. The monoisotopic (exact) mass is 393 g/mol. The van der Waals surface area contributed by atoms with E-state index in [1.54, 1.807) is 0 Å². The van der Waals surface area contributed by atoms with Crippen LogP contribution in [0.1, 0.15) is 17.8 Å². The topological polar surface area (TPSA) is 59.2 Å². The van der Waals surface area contributed by atoms with E-state index in [4.69, 9.17) is 11.5 Å². The van der Waals surface area contributed by atoms with Crippen molar-refractivity contribution in [2.75, 3.05) is 19.6 Å². The Labute approximate surface area is 171 Å². The number of aromatic nitrogens is 1. The number of thiazole rings is 1. The van der Waals surface area contributed by atoms with Crippen molar-refractivity contribution in [1.82, 2.24) is 4.90 Å². The van der Waals surface area contributed by atoms with E-state index in [0.717, 1.165) is 32.5 Å². The number of allylic oxidation sites excluding steroid dienone is 3. The second-order valence-corrected chi connectivity index (χ2v) is 8.39. The second kappa shape index (κ2) is 8.86. The molecular weight excluding hydrogens is 364 g/mol. The highest BCUT2D eigenvalue weighted by Crippen LogP contribution is 2.33. The Morgan fingerprint density at radius 1 is 1.07 bits per heavy atom. The van der Waals surface area contributed by atoms with Gasteiger partial charge < -0.3 is 16.4 Å². The van der Waals surface area contributed by atoms with E-state index in [-0.39, 0.29) is 0 Å². The van der Waals surface area contributed by atoms with Crippen LogP contribution < -0.4 is 16.0 Å². The van der Waals surface area contributed by atoms with Gasteiger partial charge in [0.05, 0.1) is 6.04 Å². The molecule has 1 aromatic carbocycles. The van der Waals surface area contributed by atoms with Crippen LogP contribution in [0.15, 0.2) is 66.4 Å². The number of nitrogens with two attached hydrogens (primary N) is 2. The molecule has 0 fully saturated rings. The Hall–Kier alpha value is -2.21. The average molecular weight is 394 g/mol. The summed E-state index contributed by atoms with van der Waals surface area (Å²) in [5.41, 5.74) is 14.2. The fourth-order valence-corrected chi connectivity index (χ4v) is 5.19. The van der Waals surface area contributed by atoms with Crippen LogP contribution in [0.25, 0.3) is 16.3 Å². The molecule has 0 saturated heterocycles. The predicted octanol–water partition coefficient (Wildman–Crippen LogP) is 3.21. The van der Waals surface area contributed by atoms with Crippen LogP contribution in [0.2, 0.25) is 0 Å². The maximum Gasteiger partial charge on any atom is 0.263 e. The molecule has 146 valence electrons. The summed E-state index contributed by atoms with van der Waals surface area (Å²) in [7, 11) is 0. The zero-order valence-electron chi connectivity index (χ0n) is 16.2. The molecule has 28 heavy (non-hydrogen) atoms. The van der Waals surface area contributed by atoms with Gasteiger partial charge in [0.25, 0.3) is 5.01 Å². The highest BCUT2D eigenvalue weighted by Gasteiger charge is 2.30. The molecule has 1 aliphatic carbocycles. The zero-order valence-corrected chi connectivity index (χ0v) is 17.0. The third kappa shape index (κ3) is 3.83. The molecule has 2 atom stereocenters. The van der Waals surface area contributed by atoms with Gasteiger partial charge in [0.15, 0.2) is 6.54 Å². The van der Waals surface area contributed by atoms with Gasteiger partial charge in [-0.05, 0) is 43.4 Å². The molecule has 4 nitrogen and oxygen atoms in total. The van der Waals surface area contributed by atoms with Gasteiger partial charge in [-0.1, -0.05) is 47.8 Å². The first-order valence-corrected chi connectivity index (χ1v) is 11.0. The molecule has 2 aromatic rings. The number of para-hydroxylation sites is 1. The van der Waals surface area contributed by atoms with Crippen LogP contribution in [0.4, 0.5) is 0 Å². The van der Waals surface area contributed by atoms with Crippen LogP contribution >= 0.6 is 11.3 Å². The van der Waals surface area contributed by atoms with Gasteiger partial charge in [-0.3, -0.25) is 0 Å². The maximum atomic E-state index is 5.80.